The molecule has 1 saturated heterocycles. The van der Waals surface area contributed by atoms with E-state index in [0.29, 0.717) is 12.5 Å². The molecule has 0 aromatic carbocycles. The standard InChI is InChI=1S/C11H19N3O2.ClH/c1-3-5-11(2,12)10-13-9(14-16-10)8-4-6-15-7-8;/h8H,3-7,12H2,1-2H3;1H. The molecular formula is C11H20ClN3O2. The van der Waals surface area contributed by atoms with Crippen molar-refractivity contribution < 1.29 is 9.26 Å². The molecule has 2 heterocycles. The zero-order valence-corrected chi connectivity index (χ0v) is 11.1. The van der Waals surface area contributed by atoms with Crippen molar-refractivity contribution in [1.29, 1.82) is 0 Å². The molecule has 2 rings (SSSR count). The molecule has 1 aromatic rings. The summed E-state index contributed by atoms with van der Waals surface area (Å²) in [6, 6.07) is 0. The molecule has 0 aliphatic carbocycles. The lowest BCUT2D eigenvalue weighted by atomic mass is 9.97. The van der Waals surface area contributed by atoms with E-state index in [-0.39, 0.29) is 18.3 Å². The van der Waals surface area contributed by atoms with Crippen molar-refractivity contribution >= 4 is 12.4 Å². The fourth-order valence-corrected chi connectivity index (χ4v) is 2.00. The van der Waals surface area contributed by atoms with Crippen LogP contribution in [0.4, 0.5) is 0 Å². The van der Waals surface area contributed by atoms with Gasteiger partial charge in [-0.2, -0.15) is 4.98 Å². The number of nitrogens with zero attached hydrogens (tertiary/aromatic N) is 2. The molecule has 2 atom stereocenters. The highest BCUT2D eigenvalue weighted by Crippen LogP contribution is 2.26. The SMILES string of the molecule is CCCC(C)(N)c1nc(C2CCOC2)no1.Cl. The van der Waals surface area contributed by atoms with Gasteiger partial charge in [-0.15, -0.1) is 12.4 Å². The van der Waals surface area contributed by atoms with Gasteiger partial charge in [0.05, 0.1) is 12.1 Å². The molecule has 0 amide bonds. The predicted molar refractivity (Wildman–Crippen MR) is 66.2 cm³/mol. The molecule has 6 heteroatoms. The van der Waals surface area contributed by atoms with Gasteiger partial charge in [0, 0.05) is 12.5 Å². The molecule has 2 unspecified atom stereocenters. The number of aromatic nitrogens is 2. The summed E-state index contributed by atoms with van der Waals surface area (Å²) in [5.74, 6) is 1.55. The lowest BCUT2D eigenvalue weighted by molar-refractivity contribution is 0.192. The number of hydrogen-bond donors (Lipinski definition) is 1. The highest BCUT2D eigenvalue weighted by atomic mass is 35.5. The molecule has 1 aliphatic heterocycles. The third kappa shape index (κ3) is 3.18. The summed E-state index contributed by atoms with van der Waals surface area (Å²) < 4.78 is 10.6. The molecule has 0 spiro atoms. The normalized spacial score (nSPS) is 23.1. The molecule has 0 saturated carbocycles. The minimum atomic E-state index is -0.514. The summed E-state index contributed by atoms with van der Waals surface area (Å²) in [5, 5.41) is 4.00. The van der Waals surface area contributed by atoms with E-state index in [2.05, 4.69) is 17.1 Å². The Labute approximate surface area is 108 Å². The molecule has 17 heavy (non-hydrogen) atoms. The Kier molecular flexibility index (Phi) is 4.91. The van der Waals surface area contributed by atoms with Crippen LogP contribution in [0, 0.1) is 0 Å². The maximum absolute atomic E-state index is 6.13. The van der Waals surface area contributed by atoms with Gasteiger partial charge in [0.25, 0.3) is 0 Å². The first-order valence-electron chi connectivity index (χ1n) is 5.84. The maximum atomic E-state index is 6.13. The van der Waals surface area contributed by atoms with E-state index >= 15 is 0 Å². The summed E-state index contributed by atoms with van der Waals surface area (Å²) in [6.07, 6.45) is 2.81. The van der Waals surface area contributed by atoms with Crippen molar-refractivity contribution in [2.75, 3.05) is 13.2 Å². The Bertz CT molecular complexity index is 348. The van der Waals surface area contributed by atoms with Gasteiger partial charge in [-0.25, -0.2) is 0 Å². The van der Waals surface area contributed by atoms with Gasteiger partial charge in [0.2, 0.25) is 5.89 Å². The number of halogens is 1. The van der Waals surface area contributed by atoms with Gasteiger partial charge >= 0.3 is 0 Å². The third-order valence-corrected chi connectivity index (χ3v) is 2.99. The molecule has 98 valence electrons. The van der Waals surface area contributed by atoms with Gasteiger partial charge in [-0.05, 0) is 19.8 Å². The predicted octanol–water partition coefficient (Wildman–Crippen LogP) is 1.97. The lowest BCUT2D eigenvalue weighted by Gasteiger charge is -2.18. The largest absolute Gasteiger partial charge is 0.381 e. The highest BCUT2D eigenvalue weighted by Gasteiger charge is 2.30. The Morgan fingerprint density at radius 1 is 1.53 bits per heavy atom. The summed E-state index contributed by atoms with van der Waals surface area (Å²) in [7, 11) is 0. The maximum Gasteiger partial charge on any atom is 0.246 e. The molecule has 5 nitrogen and oxygen atoms in total. The summed E-state index contributed by atoms with van der Waals surface area (Å²) in [6.45, 7) is 5.49. The lowest BCUT2D eigenvalue weighted by Crippen LogP contribution is -2.33. The monoisotopic (exact) mass is 261 g/mol. The van der Waals surface area contributed by atoms with Crippen LogP contribution in [0.3, 0.4) is 0 Å². The summed E-state index contributed by atoms with van der Waals surface area (Å²) >= 11 is 0. The van der Waals surface area contributed by atoms with Crippen LogP contribution >= 0.6 is 12.4 Å². The fraction of sp³-hybridized carbons (Fsp3) is 0.818. The number of nitrogens with two attached hydrogens (primary N) is 1. The van der Waals surface area contributed by atoms with Crippen molar-refractivity contribution in [3.05, 3.63) is 11.7 Å². The number of ether oxygens (including phenoxy) is 1. The second kappa shape index (κ2) is 5.80. The van der Waals surface area contributed by atoms with Crippen molar-refractivity contribution in [2.24, 2.45) is 5.73 Å². The van der Waals surface area contributed by atoms with Crippen LogP contribution in [0.15, 0.2) is 4.52 Å². The molecule has 2 N–H and O–H groups in total. The Morgan fingerprint density at radius 3 is 2.88 bits per heavy atom. The zero-order chi connectivity index (χ0) is 11.6. The first-order valence-corrected chi connectivity index (χ1v) is 5.84. The second-order valence-electron chi connectivity index (χ2n) is 4.69. The Balaban J connectivity index is 0.00000144. The first kappa shape index (κ1) is 14.4. The number of rotatable bonds is 4. The smallest absolute Gasteiger partial charge is 0.246 e. The quantitative estimate of drug-likeness (QED) is 0.897. The van der Waals surface area contributed by atoms with Gasteiger partial charge in [-0.1, -0.05) is 18.5 Å². The third-order valence-electron chi connectivity index (χ3n) is 2.99. The van der Waals surface area contributed by atoms with Crippen LogP contribution in [0.2, 0.25) is 0 Å². The second-order valence-corrected chi connectivity index (χ2v) is 4.69. The molecule has 1 aliphatic rings. The van der Waals surface area contributed by atoms with E-state index in [4.69, 9.17) is 15.0 Å². The topological polar surface area (TPSA) is 74.2 Å². The van der Waals surface area contributed by atoms with Gasteiger partial charge in [0.15, 0.2) is 5.82 Å². The van der Waals surface area contributed by atoms with Crippen LogP contribution < -0.4 is 5.73 Å². The Hall–Kier alpha value is -0.650. The van der Waals surface area contributed by atoms with E-state index in [1.165, 1.54) is 0 Å². The molecule has 0 radical (unpaired) electrons. The molecular weight excluding hydrogens is 242 g/mol. The fourth-order valence-electron chi connectivity index (χ4n) is 2.00. The summed E-state index contributed by atoms with van der Waals surface area (Å²) in [5.41, 5.74) is 5.62. The minimum absolute atomic E-state index is 0. The van der Waals surface area contributed by atoms with Crippen molar-refractivity contribution in [3.63, 3.8) is 0 Å². The minimum Gasteiger partial charge on any atom is -0.381 e. The average molecular weight is 262 g/mol. The number of hydrogen-bond acceptors (Lipinski definition) is 5. The Morgan fingerprint density at radius 2 is 2.29 bits per heavy atom. The van der Waals surface area contributed by atoms with E-state index in [0.717, 1.165) is 31.7 Å². The summed E-state index contributed by atoms with van der Waals surface area (Å²) in [4.78, 5) is 4.40. The van der Waals surface area contributed by atoms with E-state index in [1.807, 2.05) is 6.92 Å². The molecule has 1 fully saturated rings. The van der Waals surface area contributed by atoms with E-state index in [1.54, 1.807) is 0 Å². The van der Waals surface area contributed by atoms with Crippen LogP contribution in [-0.4, -0.2) is 23.4 Å². The molecule has 0 bridgehead atoms. The average Bonchev–Trinajstić information content (AvgIpc) is 2.89. The van der Waals surface area contributed by atoms with Gasteiger partial charge in [-0.3, -0.25) is 0 Å². The van der Waals surface area contributed by atoms with Gasteiger partial charge < -0.3 is 15.0 Å². The van der Waals surface area contributed by atoms with Crippen LogP contribution in [0.1, 0.15) is 50.7 Å². The zero-order valence-electron chi connectivity index (χ0n) is 10.3. The highest BCUT2D eigenvalue weighted by molar-refractivity contribution is 5.85. The van der Waals surface area contributed by atoms with Crippen molar-refractivity contribution in [2.45, 2.75) is 44.6 Å². The van der Waals surface area contributed by atoms with E-state index < -0.39 is 5.54 Å². The van der Waals surface area contributed by atoms with Crippen molar-refractivity contribution in [3.8, 4) is 0 Å². The molecule has 1 aromatic heterocycles. The first-order chi connectivity index (χ1) is 7.63. The van der Waals surface area contributed by atoms with Crippen LogP contribution in [0.5, 0.6) is 0 Å². The van der Waals surface area contributed by atoms with Gasteiger partial charge in [0.1, 0.15) is 0 Å². The van der Waals surface area contributed by atoms with Crippen molar-refractivity contribution in [1.82, 2.24) is 10.1 Å². The van der Waals surface area contributed by atoms with Crippen LogP contribution in [0.25, 0.3) is 0 Å². The van der Waals surface area contributed by atoms with E-state index in [9.17, 15) is 0 Å². The van der Waals surface area contributed by atoms with Crippen LogP contribution in [-0.2, 0) is 10.3 Å².